The lowest BCUT2D eigenvalue weighted by Gasteiger charge is -2.18. The van der Waals surface area contributed by atoms with Gasteiger partial charge in [0, 0.05) is 12.0 Å². The number of rotatable bonds is 5. The summed E-state index contributed by atoms with van der Waals surface area (Å²) in [7, 11) is 1.59. The topological polar surface area (TPSA) is 72.0 Å². The van der Waals surface area contributed by atoms with Gasteiger partial charge in [-0.05, 0) is 24.3 Å². The Morgan fingerprint density at radius 3 is 2.88 bits per heavy atom. The molecule has 1 aliphatic heterocycles. The molecule has 6 heteroatoms. The molecule has 0 bridgehead atoms. The highest BCUT2D eigenvalue weighted by atomic mass is 16.5. The van der Waals surface area contributed by atoms with Crippen molar-refractivity contribution in [2.45, 2.75) is 6.42 Å². The Bertz CT molecular complexity index is 759. The highest BCUT2D eigenvalue weighted by Gasteiger charge is 2.16. The van der Waals surface area contributed by atoms with Gasteiger partial charge in [0.05, 0.1) is 31.7 Å². The van der Waals surface area contributed by atoms with E-state index in [-0.39, 0.29) is 12.5 Å². The number of hydrogen-bond donors (Lipinski definition) is 2. The van der Waals surface area contributed by atoms with E-state index in [2.05, 4.69) is 15.8 Å². The second-order valence-corrected chi connectivity index (χ2v) is 5.24. The van der Waals surface area contributed by atoms with Gasteiger partial charge in [0.1, 0.15) is 11.5 Å². The number of benzene rings is 2. The Kier molecular flexibility index (Phi) is 4.96. The van der Waals surface area contributed by atoms with Gasteiger partial charge < -0.3 is 14.8 Å². The smallest absolute Gasteiger partial charge is 0.259 e. The first-order chi connectivity index (χ1) is 11.8. The first kappa shape index (κ1) is 15.9. The summed E-state index contributed by atoms with van der Waals surface area (Å²) in [4.78, 5) is 12.0. The van der Waals surface area contributed by atoms with Crippen LogP contribution in [0.4, 0.5) is 5.69 Å². The van der Waals surface area contributed by atoms with Gasteiger partial charge in [-0.25, -0.2) is 5.43 Å². The van der Waals surface area contributed by atoms with Crippen LogP contribution in [-0.4, -0.2) is 31.9 Å². The molecule has 1 amide bonds. The maximum absolute atomic E-state index is 12.0. The summed E-state index contributed by atoms with van der Waals surface area (Å²) in [6.07, 6.45) is 0.664. The van der Waals surface area contributed by atoms with Crippen LogP contribution in [0.5, 0.6) is 11.5 Å². The van der Waals surface area contributed by atoms with Gasteiger partial charge >= 0.3 is 0 Å². The van der Waals surface area contributed by atoms with Crippen molar-refractivity contribution < 1.29 is 14.3 Å². The minimum atomic E-state index is -0.225. The predicted octanol–water partition coefficient (Wildman–Crippen LogP) is 2.41. The average molecular weight is 325 g/mol. The summed E-state index contributed by atoms with van der Waals surface area (Å²) in [5.41, 5.74) is 5.09. The van der Waals surface area contributed by atoms with Crippen LogP contribution in [0.3, 0.4) is 0 Å². The molecule has 0 aromatic heterocycles. The van der Waals surface area contributed by atoms with Crippen LogP contribution < -0.4 is 20.2 Å². The van der Waals surface area contributed by atoms with E-state index in [0.717, 1.165) is 22.7 Å². The number of carbonyl (C=O) groups excluding carboxylic acids is 1. The molecule has 0 saturated heterocycles. The molecule has 1 aliphatic rings. The maximum Gasteiger partial charge on any atom is 0.259 e. The fourth-order valence-electron chi connectivity index (χ4n) is 2.47. The van der Waals surface area contributed by atoms with Crippen LogP contribution in [0, 0.1) is 0 Å². The third-order valence-electron chi connectivity index (χ3n) is 3.66. The summed E-state index contributed by atoms with van der Waals surface area (Å²) in [5, 5.41) is 7.29. The molecule has 1 heterocycles. The molecule has 6 nitrogen and oxygen atoms in total. The van der Waals surface area contributed by atoms with E-state index in [1.54, 1.807) is 7.11 Å². The SMILES string of the molecule is COc1ccccc1NCC(=O)N/N=C1/CCOc2ccccc21. The molecule has 0 fully saturated rings. The number of carbonyl (C=O) groups is 1. The number of ether oxygens (including phenoxy) is 2. The Morgan fingerprint density at radius 1 is 1.21 bits per heavy atom. The predicted molar refractivity (Wildman–Crippen MR) is 92.7 cm³/mol. The first-order valence-electron chi connectivity index (χ1n) is 7.72. The Hall–Kier alpha value is -3.02. The van der Waals surface area contributed by atoms with Crippen molar-refractivity contribution in [1.29, 1.82) is 0 Å². The molecule has 2 N–H and O–H groups in total. The highest BCUT2D eigenvalue weighted by Crippen LogP contribution is 2.24. The molecule has 0 unspecified atom stereocenters. The Balaban J connectivity index is 1.60. The van der Waals surface area contributed by atoms with Crippen LogP contribution >= 0.6 is 0 Å². The van der Waals surface area contributed by atoms with E-state index in [0.29, 0.717) is 18.8 Å². The zero-order valence-electron chi connectivity index (χ0n) is 13.4. The lowest BCUT2D eigenvalue weighted by Crippen LogP contribution is -2.28. The van der Waals surface area contributed by atoms with Crippen molar-refractivity contribution in [3.05, 3.63) is 54.1 Å². The van der Waals surface area contributed by atoms with Gasteiger partial charge in [-0.3, -0.25) is 4.79 Å². The lowest BCUT2D eigenvalue weighted by molar-refractivity contribution is -0.119. The van der Waals surface area contributed by atoms with Crippen molar-refractivity contribution in [3.8, 4) is 11.5 Å². The summed E-state index contributed by atoms with van der Waals surface area (Å²) in [6, 6.07) is 15.1. The zero-order chi connectivity index (χ0) is 16.8. The molecule has 124 valence electrons. The van der Waals surface area contributed by atoms with E-state index >= 15 is 0 Å². The number of amides is 1. The Morgan fingerprint density at radius 2 is 2.00 bits per heavy atom. The minimum Gasteiger partial charge on any atom is -0.495 e. The summed E-state index contributed by atoms with van der Waals surface area (Å²) >= 11 is 0. The standard InChI is InChI=1S/C18H19N3O3/c1-23-17-9-5-3-7-15(17)19-12-18(22)21-20-14-10-11-24-16-8-4-2-6-13(14)16/h2-9,19H,10-12H2,1H3,(H,21,22)/b20-14-. The van der Waals surface area contributed by atoms with Crippen LogP contribution in [0.25, 0.3) is 0 Å². The van der Waals surface area contributed by atoms with Crippen LogP contribution in [-0.2, 0) is 4.79 Å². The summed E-state index contributed by atoms with van der Waals surface area (Å²) in [5.74, 6) is 1.26. The normalized spacial score (nSPS) is 14.5. The molecule has 2 aromatic rings. The number of hydrazone groups is 1. The van der Waals surface area contributed by atoms with Gasteiger partial charge in [-0.15, -0.1) is 0 Å². The number of para-hydroxylation sites is 3. The van der Waals surface area contributed by atoms with Crippen LogP contribution in [0.1, 0.15) is 12.0 Å². The number of fused-ring (bicyclic) bond motifs is 1. The van der Waals surface area contributed by atoms with Gasteiger partial charge in [0.2, 0.25) is 0 Å². The highest BCUT2D eigenvalue weighted by molar-refractivity contribution is 6.04. The van der Waals surface area contributed by atoms with E-state index in [9.17, 15) is 4.79 Å². The second kappa shape index (κ2) is 7.50. The fraction of sp³-hybridized carbons (Fsp3) is 0.222. The van der Waals surface area contributed by atoms with Crippen LogP contribution in [0.2, 0.25) is 0 Å². The van der Waals surface area contributed by atoms with Crippen molar-refractivity contribution in [2.24, 2.45) is 5.10 Å². The Labute approximate surface area is 140 Å². The molecule has 0 aliphatic carbocycles. The summed E-state index contributed by atoms with van der Waals surface area (Å²) < 4.78 is 10.8. The summed E-state index contributed by atoms with van der Waals surface area (Å²) in [6.45, 7) is 0.667. The second-order valence-electron chi connectivity index (χ2n) is 5.24. The third kappa shape index (κ3) is 3.65. The number of nitrogens with one attached hydrogen (secondary N) is 2. The quantitative estimate of drug-likeness (QED) is 0.828. The molecule has 0 saturated carbocycles. The number of methoxy groups -OCH3 is 1. The van der Waals surface area contributed by atoms with Crippen molar-refractivity contribution in [1.82, 2.24) is 5.43 Å². The number of anilines is 1. The zero-order valence-corrected chi connectivity index (χ0v) is 13.4. The fourth-order valence-corrected chi connectivity index (χ4v) is 2.47. The van der Waals surface area contributed by atoms with Gasteiger partial charge in [-0.1, -0.05) is 24.3 Å². The molecule has 2 aromatic carbocycles. The molecule has 3 rings (SSSR count). The largest absolute Gasteiger partial charge is 0.495 e. The number of nitrogens with zero attached hydrogens (tertiary/aromatic N) is 1. The molecular weight excluding hydrogens is 306 g/mol. The molecular formula is C18H19N3O3. The molecule has 24 heavy (non-hydrogen) atoms. The monoisotopic (exact) mass is 325 g/mol. The molecule has 0 atom stereocenters. The average Bonchev–Trinajstić information content (AvgIpc) is 2.64. The maximum atomic E-state index is 12.0. The number of hydrogen-bond acceptors (Lipinski definition) is 5. The van der Waals surface area contributed by atoms with Crippen LogP contribution in [0.15, 0.2) is 53.6 Å². The molecule has 0 radical (unpaired) electrons. The molecule has 0 spiro atoms. The minimum absolute atomic E-state index is 0.106. The van der Waals surface area contributed by atoms with E-state index < -0.39 is 0 Å². The van der Waals surface area contributed by atoms with Crippen molar-refractivity contribution in [2.75, 3.05) is 25.6 Å². The first-order valence-corrected chi connectivity index (χ1v) is 7.72. The van der Waals surface area contributed by atoms with Crippen molar-refractivity contribution in [3.63, 3.8) is 0 Å². The lowest BCUT2D eigenvalue weighted by atomic mass is 10.0. The van der Waals surface area contributed by atoms with E-state index in [1.165, 1.54) is 0 Å². The van der Waals surface area contributed by atoms with Crippen molar-refractivity contribution >= 4 is 17.3 Å². The van der Waals surface area contributed by atoms with Gasteiger partial charge in [0.25, 0.3) is 5.91 Å². The third-order valence-corrected chi connectivity index (χ3v) is 3.66. The van der Waals surface area contributed by atoms with Gasteiger partial charge in [-0.2, -0.15) is 5.10 Å². The van der Waals surface area contributed by atoms with E-state index in [1.807, 2.05) is 48.5 Å². The van der Waals surface area contributed by atoms with Gasteiger partial charge in [0.15, 0.2) is 0 Å². The van der Waals surface area contributed by atoms with E-state index in [4.69, 9.17) is 9.47 Å².